The Labute approximate surface area is 161 Å². The van der Waals surface area contributed by atoms with Crippen molar-refractivity contribution in [1.82, 2.24) is 0 Å². The van der Waals surface area contributed by atoms with E-state index >= 15 is 0 Å². The quantitative estimate of drug-likeness (QED) is 0.488. The van der Waals surface area contributed by atoms with E-state index in [1.807, 2.05) is 30.3 Å². The Bertz CT molecular complexity index is 1090. The van der Waals surface area contributed by atoms with E-state index in [1.54, 1.807) is 18.2 Å². The number of halogens is 1. The van der Waals surface area contributed by atoms with Crippen molar-refractivity contribution < 1.29 is 19.1 Å². The third kappa shape index (κ3) is 3.64. The zero-order chi connectivity index (χ0) is 19.4. The summed E-state index contributed by atoms with van der Waals surface area (Å²) in [5.41, 5.74) is 1.52. The van der Waals surface area contributed by atoms with Gasteiger partial charge in [-0.05, 0) is 29.7 Å². The summed E-state index contributed by atoms with van der Waals surface area (Å²) in [7, 11) is 2.50. The molecular weight excluding hydrogens is 364 g/mol. The van der Waals surface area contributed by atoms with E-state index in [2.05, 4.69) is 11.8 Å². The smallest absolute Gasteiger partial charge is 0.339 e. The number of esters is 2. The van der Waals surface area contributed by atoms with Gasteiger partial charge in [-0.2, -0.15) is 0 Å². The largest absolute Gasteiger partial charge is 0.465 e. The van der Waals surface area contributed by atoms with Crippen molar-refractivity contribution in [3.8, 4) is 11.8 Å². The molecule has 3 rings (SSSR count). The first-order valence-corrected chi connectivity index (χ1v) is 8.43. The van der Waals surface area contributed by atoms with Gasteiger partial charge >= 0.3 is 11.9 Å². The Balaban J connectivity index is 2.36. The van der Waals surface area contributed by atoms with Crippen LogP contribution in [0.15, 0.2) is 54.6 Å². The van der Waals surface area contributed by atoms with Gasteiger partial charge in [0.15, 0.2) is 0 Å². The normalized spacial score (nSPS) is 10.0. The van der Waals surface area contributed by atoms with Gasteiger partial charge in [0.05, 0.1) is 25.3 Å². The van der Waals surface area contributed by atoms with Crippen LogP contribution in [0.1, 0.15) is 31.8 Å². The van der Waals surface area contributed by atoms with Crippen molar-refractivity contribution in [1.29, 1.82) is 0 Å². The fourth-order valence-electron chi connectivity index (χ4n) is 2.79. The number of hydrogen-bond donors (Lipinski definition) is 0. The fourth-order valence-corrected chi connectivity index (χ4v) is 3.07. The maximum Gasteiger partial charge on any atom is 0.339 e. The summed E-state index contributed by atoms with van der Waals surface area (Å²) >= 11 is 6.39. The van der Waals surface area contributed by atoms with E-state index in [4.69, 9.17) is 21.1 Å². The van der Waals surface area contributed by atoms with Gasteiger partial charge < -0.3 is 9.47 Å². The molecule has 0 unspecified atom stereocenters. The second-order valence-electron chi connectivity index (χ2n) is 5.61. The molecule has 5 heteroatoms. The molecule has 0 aliphatic heterocycles. The highest BCUT2D eigenvalue weighted by Gasteiger charge is 2.24. The summed E-state index contributed by atoms with van der Waals surface area (Å²) in [4.78, 5) is 24.7. The number of methoxy groups -OCH3 is 2. The van der Waals surface area contributed by atoms with Gasteiger partial charge in [0.2, 0.25) is 0 Å². The average molecular weight is 379 g/mol. The molecule has 134 valence electrons. The molecule has 4 nitrogen and oxygen atoms in total. The van der Waals surface area contributed by atoms with Crippen LogP contribution < -0.4 is 0 Å². The van der Waals surface area contributed by atoms with Crippen molar-refractivity contribution in [3.63, 3.8) is 0 Å². The summed E-state index contributed by atoms with van der Waals surface area (Å²) in [6.45, 7) is 0. The van der Waals surface area contributed by atoms with E-state index < -0.39 is 11.9 Å². The van der Waals surface area contributed by atoms with Gasteiger partial charge in [-0.3, -0.25) is 0 Å². The minimum atomic E-state index is -0.653. The van der Waals surface area contributed by atoms with Gasteiger partial charge in [0.1, 0.15) is 0 Å². The molecule has 27 heavy (non-hydrogen) atoms. The van der Waals surface area contributed by atoms with Crippen molar-refractivity contribution >= 4 is 34.3 Å². The van der Waals surface area contributed by atoms with Gasteiger partial charge in [-0.25, -0.2) is 9.59 Å². The van der Waals surface area contributed by atoms with Crippen LogP contribution in [0.4, 0.5) is 0 Å². The first kappa shape index (κ1) is 18.5. The zero-order valence-corrected chi connectivity index (χ0v) is 15.5. The maximum absolute atomic E-state index is 12.4. The van der Waals surface area contributed by atoms with E-state index in [0.29, 0.717) is 21.4 Å². The first-order valence-electron chi connectivity index (χ1n) is 8.05. The molecule has 3 aromatic carbocycles. The molecule has 0 heterocycles. The van der Waals surface area contributed by atoms with Crippen molar-refractivity contribution in [2.45, 2.75) is 0 Å². The van der Waals surface area contributed by atoms with E-state index in [1.165, 1.54) is 20.3 Å². The van der Waals surface area contributed by atoms with E-state index in [-0.39, 0.29) is 11.1 Å². The standard InChI is InChI=1S/C22H15ClO4/c1-26-21(24)17-13-15(12-11-14-7-4-3-5-8-14)19-16(9-6-10-18(19)23)20(17)22(25)27-2/h3-10,13H,1-2H3. The Morgan fingerprint density at radius 3 is 2.26 bits per heavy atom. The Morgan fingerprint density at radius 2 is 1.59 bits per heavy atom. The maximum atomic E-state index is 12.4. The number of carbonyl (C=O) groups is 2. The molecule has 0 saturated heterocycles. The number of carbonyl (C=O) groups excluding carboxylic acids is 2. The predicted molar refractivity (Wildman–Crippen MR) is 104 cm³/mol. The monoisotopic (exact) mass is 378 g/mol. The minimum absolute atomic E-state index is 0.0801. The molecule has 0 spiro atoms. The van der Waals surface area contributed by atoms with Crippen LogP contribution >= 0.6 is 11.6 Å². The van der Waals surface area contributed by atoms with Crippen LogP contribution in [0, 0.1) is 11.8 Å². The van der Waals surface area contributed by atoms with Crippen molar-refractivity contribution in [2.24, 2.45) is 0 Å². The lowest BCUT2D eigenvalue weighted by Crippen LogP contribution is -2.13. The molecular formula is C22H15ClO4. The van der Waals surface area contributed by atoms with Crippen LogP contribution in [0.5, 0.6) is 0 Å². The summed E-state index contributed by atoms with van der Waals surface area (Å²) in [5.74, 6) is 4.80. The highest BCUT2D eigenvalue weighted by molar-refractivity contribution is 6.36. The third-order valence-electron chi connectivity index (χ3n) is 4.02. The third-order valence-corrected chi connectivity index (χ3v) is 4.34. The van der Waals surface area contributed by atoms with Crippen molar-refractivity contribution in [2.75, 3.05) is 14.2 Å². The zero-order valence-electron chi connectivity index (χ0n) is 14.7. The molecule has 0 aromatic heterocycles. The Hall–Kier alpha value is -3.29. The van der Waals surface area contributed by atoms with Crippen LogP contribution in [0.3, 0.4) is 0 Å². The molecule has 0 aliphatic carbocycles. The number of ether oxygens (including phenoxy) is 2. The van der Waals surface area contributed by atoms with Gasteiger partial charge in [-0.15, -0.1) is 0 Å². The van der Waals surface area contributed by atoms with E-state index in [0.717, 1.165) is 5.56 Å². The average Bonchev–Trinajstić information content (AvgIpc) is 2.71. The van der Waals surface area contributed by atoms with Crippen molar-refractivity contribution in [3.05, 3.63) is 81.9 Å². The summed E-state index contributed by atoms with van der Waals surface area (Å²) in [5, 5.41) is 1.48. The second-order valence-corrected chi connectivity index (χ2v) is 6.02. The highest BCUT2D eigenvalue weighted by Crippen LogP contribution is 2.32. The predicted octanol–water partition coefficient (Wildman–Crippen LogP) is 4.47. The number of hydrogen-bond acceptors (Lipinski definition) is 4. The summed E-state index contributed by atoms with van der Waals surface area (Å²) in [6.07, 6.45) is 0. The lowest BCUT2D eigenvalue weighted by atomic mass is 9.94. The Kier molecular flexibility index (Phi) is 5.44. The molecule has 0 atom stereocenters. The second kappa shape index (κ2) is 7.94. The van der Waals surface area contributed by atoms with Gasteiger partial charge in [0, 0.05) is 21.5 Å². The van der Waals surface area contributed by atoms with Crippen LogP contribution in [0.2, 0.25) is 5.02 Å². The first-order chi connectivity index (χ1) is 13.1. The summed E-state index contributed by atoms with van der Waals surface area (Å²) in [6, 6.07) is 16.0. The number of fused-ring (bicyclic) bond motifs is 1. The SMILES string of the molecule is COC(=O)c1cc(C#Cc2ccccc2)c2c(Cl)cccc2c1C(=O)OC. The van der Waals surface area contributed by atoms with Crippen LogP contribution in [-0.4, -0.2) is 26.2 Å². The van der Waals surface area contributed by atoms with E-state index in [9.17, 15) is 9.59 Å². The van der Waals surface area contributed by atoms with Crippen LogP contribution in [-0.2, 0) is 9.47 Å². The van der Waals surface area contributed by atoms with Crippen LogP contribution in [0.25, 0.3) is 10.8 Å². The minimum Gasteiger partial charge on any atom is -0.465 e. The summed E-state index contributed by atoms with van der Waals surface area (Å²) < 4.78 is 9.70. The molecule has 3 aromatic rings. The Morgan fingerprint density at radius 1 is 0.889 bits per heavy atom. The number of benzene rings is 3. The molecule has 0 bridgehead atoms. The highest BCUT2D eigenvalue weighted by atomic mass is 35.5. The molecule has 0 saturated carbocycles. The fraction of sp³-hybridized carbons (Fsp3) is 0.0909. The van der Waals surface area contributed by atoms with Gasteiger partial charge in [-0.1, -0.05) is 53.8 Å². The molecule has 0 radical (unpaired) electrons. The molecule has 0 N–H and O–H groups in total. The molecule has 0 aliphatic rings. The molecule has 0 amide bonds. The lowest BCUT2D eigenvalue weighted by molar-refractivity contribution is 0.0557. The van der Waals surface area contributed by atoms with Gasteiger partial charge in [0.25, 0.3) is 0 Å². The molecule has 0 fully saturated rings. The number of rotatable bonds is 2. The topological polar surface area (TPSA) is 52.6 Å². The lowest BCUT2D eigenvalue weighted by Gasteiger charge is -2.13.